The van der Waals surface area contributed by atoms with Crippen LogP contribution in [0.15, 0.2) is 17.0 Å². The molecule has 0 radical (unpaired) electrons. The number of sulfonamides is 1. The molecule has 2 rings (SSSR count). The Bertz CT molecular complexity index is 630. The van der Waals surface area contributed by atoms with Crippen molar-refractivity contribution in [2.45, 2.75) is 11.8 Å². The zero-order valence-corrected chi connectivity index (χ0v) is 8.67. The number of nitrogens with one attached hydrogen (secondary N) is 1. The number of aromatic hydroxyl groups is 1. The molecule has 1 aromatic carbocycles. The summed E-state index contributed by atoms with van der Waals surface area (Å²) < 4.78 is 22.4. The Labute approximate surface area is 85.8 Å². The van der Waals surface area contributed by atoms with Crippen LogP contribution in [-0.4, -0.2) is 23.7 Å². The fourth-order valence-corrected chi connectivity index (χ4v) is 2.12. The van der Waals surface area contributed by atoms with Gasteiger partial charge in [0.2, 0.25) is 10.0 Å². The largest absolute Gasteiger partial charge is 0.508 e. The van der Waals surface area contributed by atoms with Crippen LogP contribution in [0, 0.1) is 6.92 Å². The van der Waals surface area contributed by atoms with Crippen LogP contribution in [0.3, 0.4) is 0 Å². The molecule has 1 aromatic heterocycles. The van der Waals surface area contributed by atoms with Crippen LogP contribution in [0.5, 0.6) is 5.75 Å². The average molecular weight is 227 g/mol. The molecular formula is C8H9N3O3S. The van der Waals surface area contributed by atoms with E-state index >= 15 is 0 Å². The molecule has 1 heterocycles. The second-order valence-corrected chi connectivity index (χ2v) is 4.76. The number of rotatable bonds is 1. The molecule has 0 aliphatic heterocycles. The van der Waals surface area contributed by atoms with E-state index in [9.17, 15) is 13.5 Å². The van der Waals surface area contributed by atoms with E-state index in [0.29, 0.717) is 11.1 Å². The molecule has 7 heteroatoms. The highest BCUT2D eigenvalue weighted by Crippen LogP contribution is 2.27. The van der Waals surface area contributed by atoms with E-state index in [4.69, 9.17) is 5.14 Å². The predicted molar refractivity (Wildman–Crippen MR) is 53.9 cm³/mol. The van der Waals surface area contributed by atoms with Crippen molar-refractivity contribution in [2.75, 3.05) is 0 Å². The van der Waals surface area contributed by atoms with E-state index in [0.717, 1.165) is 6.07 Å². The van der Waals surface area contributed by atoms with Gasteiger partial charge in [-0.15, -0.1) is 0 Å². The molecule has 0 saturated heterocycles. The van der Waals surface area contributed by atoms with Gasteiger partial charge in [0.1, 0.15) is 16.2 Å². The van der Waals surface area contributed by atoms with Crippen molar-refractivity contribution < 1.29 is 13.5 Å². The summed E-state index contributed by atoms with van der Waals surface area (Å²) in [5.41, 5.74) is 0.915. The summed E-state index contributed by atoms with van der Waals surface area (Å²) in [5.74, 6) is -0.156. The minimum Gasteiger partial charge on any atom is -0.508 e. The molecule has 0 fully saturated rings. The first-order valence-electron chi connectivity index (χ1n) is 4.10. The average Bonchev–Trinajstić information content (AvgIpc) is 2.45. The summed E-state index contributed by atoms with van der Waals surface area (Å²) in [4.78, 5) is -0.179. The number of hydrogen-bond acceptors (Lipinski definition) is 4. The van der Waals surface area contributed by atoms with Gasteiger partial charge in [-0.25, -0.2) is 13.6 Å². The lowest BCUT2D eigenvalue weighted by atomic mass is 10.2. The Balaban J connectivity index is 2.97. The van der Waals surface area contributed by atoms with Gasteiger partial charge in [0, 0.05) is 17.1 Å². The molecule has 0 atom stereocenters. The number of phenols is 1. The van der Waals surface area contributed by atoms with E-state index in [2.05, 4.69) is 10.2 Å². The first kappa shape index (κ1) is 9.94. The Morgan fingerprint density at radius 1 is 1.47 bits per heavy atom. The van der Waals surface area contributed by atoms with E-state index in [1.807, 2.05) is 0 Å². The van der Waals surface area contributed by atoms with Gasteiger partial charge in [-0.1, -0.05) is 0 Å². The number of phenolic OH excluding ortho intramolecular Hbond substituents is 1. The Morgan fingerprint density at radius 2 is 2.13 bits per heavy atom. The molecule has 80 valence electrons. The van der Waals surface area contributed by atoms with E-state index in [-0.39, 0.29) is 16.2 Å². The standard InChI is InChI=1S/C8H9N3O3S/c1-4-6-2-5(12)3-7(15(9,13)14)8(6)11-10-4/h2-3,12H,1H3,(H,10,11)(H2,9,13,14). The van der Waals surface area contributed by atoms with Crippen molar-refractivity contribution in [1.82, 2.24) is 10.2 Å². The minimum atomic E-state index is -3.88. The van der Waals surface area contributed by atoms with E-state index in [1.54, 1.807) is 6.92 Å². The molecule has 0 aliphatic carbocycles. The second kappa shape index (κ2) is 2.94. The van der Waals surface area contributed by atoms with Gasteiger partial charge in [-0.05, 0) is 13.0 Å². The van der Waals surface area contributed by atoms with E-state index < -0.39 is 10.0 Å². The first-order valence-corrected chi connectivity index (χ1v) is 5.65. The highest BCUT2D eigenvalue weighted by atomic mass is 32.2. The number of H-pyrrole nitrogens is 1. The van der Waals surface area contributed by atoms with Gasteiger partial charge in [0.05, 0.1) is 0 Å². The summed E-state index contributed by atoms with van der Waals surface area (Å²) in [6.45, 7) is 1.72. The number of hydrogen-bond donors (Lipinski definition) is 3. The van der Waals surface area contributed by atoms with Crippen molar-refractivity contribution in [1.29, 1.82) is 0 Å². The topological polar surface area (TPSA) is 109 Å². The van der Waals surface area contributed by atoms with Crippen molar-refractivity contribution in [3.05, 3.63) is 17.8 Å². The number of aromatic nitrogens is 2. The smallest absolute Gasteiger partial charge is 0.240 e. The highest BCUT2D eigenvalue weighted by Gasteiger charge is 2.17. The van der Waals surface area contributed by atoms with Crippen LogP contribution in [0.25, 0.3) is 10.9 Å². The maximum absolute atomic E-state index is 11.2. The number of nitrogens with two attached hydrogens (primary N) is 1. The van der Waals surface area contributed by atoms with Crippen molar-refractivity contribution in [2.24, 2.45) is 5.14 Å². The molecule has 2 aromatic rings. The molecule has 0 spiro atoms. The zero-order chi connectivity index (χ0) is 11.2. The second-order valence-electron chi connectivity index (χ2n) is 3.23. The van der Waals surface area contributed by atoms with Gasteiger partial charge in [0.15, 0.2) is 0 Å². The van der Waals surface area contributed by atoms with E-state index in [1.165, 1.54) is 6.07 Å². The van der Waals surface area contributed by atoms with Crippen LogP contribution in [0.4, 0.5) is 0 Å². The lowest BCUT2D eigenvalue weighted by Gasteiger charge is -2.00. The van der Waals surface area contributed by atoms with Gasteiger partial charge in [0.25, 0.3) is 0 Å². The van der Waals surface area contributed by atoms with Crippen LogP contribution in [0.2, 0.25) is 0 Å². The zero-order valence-electron chi connectivity index (χ0n) is 7.85. The third-order valence-electron chi connectivity index (χ3n) is 2.11. The third-order valence-corrected chi connectivity index (χ3v) is 3.03. The summed E-state index contributed by atoms with van der Waals surface area (Å²) in [6, 6.07) is 2.51. The van der Waals surface area contributed by atoms with Crippen molar-refractivity contribution in [3.8, 4) is 5.75 Å². The van der Waals surface area contributed by atoms with Crippen LogP contribution >= 0.6 is 0 Å². The lowest BCUT2D eigenvalue weighted by molar-refractivity contribution is 0.474. The van der Waals surface area contributed by atoms with Crippen LogP contribution < -0.4 is 5.14 Å². The minimum absolute atomic E-state index is 0.156. The summed E-state index contributed by atoms with van der Waals surface area (Å²) in [5, 5.41) is 21.4. The number of aryl methyl sites for hydroxylation is 1. The monoisotopic (exact) mass is 227 g/mol. The number of benzene rings is 1. The fraction of sp³-hybridized carbons (Fsp3) is 0.125. The molecule has 6 nitrogen and oxygen atoms in total. The maximum Gasteiger partial charge on any atom is 0.240 e. The summed E-state index contributed by atoms with van der Waals surface area (Å²) >= 11 is 0. The third kappa shape index (κ3) is 1.55. The van der Waals surface area contributed by atoms with Crippen LogP contribution in [-0.2, 0) is 10.0 Å². The molecule has 15 heavy (non-hydrogen) atoms. The Hall–Kier alpha value is -1.60. The number of nitrogens with zero attached hydrogens (tertiary/aromatic N) is 1. The predicted octanol–water partition coefficient (Wildman–Crippen LogP) is 0.224. The Morgan fingerprint density at radius 3 is 2.73 bits per heavy atom. The molecule has 0 amide bonds. The maximum atomic E-state index is 11.2. The van der Waals surface area contributed by atoms with Crippen LogP contribution in [0.1, 0.15) is 5.69 Å². The van der Waals surface area contributed by atoms with Gasteiger partial charge in [-0.2, -0.15) is 5.10 Å². The lowest BCUT2D eigenvalue weighted by Crippen LogP contribution is -2.12. The molecule has 0 unspecified atom stereocenters. The summed E-state index contributed by atoms with van der Waals surface area (Å²) in [6.07, 6.45) is 0. The molecular weight excluding hydrogens is 218 g/mol. The van der Waals surface area contributed by atoms with Gasteiger partial charge >= 0.3 is 0 Å². The van der Waals surface area contributed by atoms with Crippen molar-refractivity contribution in [3.63, 3.8) is 0 Å². The number of fused-ring (bicyclic) bond motifs is 1. The van der Waals surface area contributed by atoms with Gasteiger partial charge in [-0.3, -0.25) is 5.10 Å². The number of aromatic amines is 1. The highest BCUT2D eigenvalue weighted by molar-refractivity contribution is 7.89. The molecule has 0 aliphatic rings. The Kier molecular flexibility index (Phi) is 1.95. The van der Waals surface area contributed by atoms with Gasteiger partial charge < -0.3 is 5.11 Å². The molecule has 4 N–H and O–H groups in total. The normalized spacial score (nSPS) is 12.1. The SMILES string of the molecule is Cc1[nH]nc2c(S(N)(=O)=O)cc(O)cc12. The summed E-state index contributed by atoms with van der Waals surface area (Å²) in [7, 11) is -3.88. The molecule has 0 bridgehead atoms. The number of primary sulfonamides is 1. The first-order chi connectivity index (χ1) is 6.89. The van der Waals surface area contributed by atoms with Crippen molar-refractivity contribution >= 4 is 20.9 Å². The fourth-order valence-electron chi connectivity index (χ4n) is 1.41. The molecule has 0 saturated carbocycles. The quantitative estimate of drug-likeness (QED) is 0.647.